The van der Waals surface area contributed by atoms with Gasteiger partial charge in [0.05, 0.1) is 24.4 Å². The molecule has 0 radical (unpaired) electrons. The lowest BCUT2D eigenvalue weighted by atomic mass is 9.94. The van der Waals surface area contributed by atoms with E-state index in [1.165, 1.54) is 20.1 Å². The first-order chi connectivity index (χ1) is 12.9. The summed E-state index contributed by atoms with van der Waals surface area (Å²) in [5.41, 5.74) is 0.766. The molecule has 6 nitrogen and oxygen atoms in total. The highest BCUT2D eigenvalue weighted by atomic mass is 19.1. The van der Waals surface area contributed by atoms with Crippen molar-refractivity contribution >= 4 is 17.6 Å². The number of hydrogen-bond donors (Lipinski definition) is 3. The van der Waals surface area contributed by atoms with Crippen molar-refractivity contribution in [3.8, 4) is 5.75 Å². The van der Waals surface area contributed by atoms with Crippen LogP contribution in [0.3, 0.4) is 0 Å². The minimum Gasteiger partial charge on any atom is -0.495 e. The number of methoxy groups -OCH3 is 1. The van der Waals surface area contributed by atoms with Crippen molar-refractivity contribution in [3.63, 3.8) is 0 Å². The number of para-hydroxylation sites is 2. The van der Waals surface area contributed by atoms with Crippen molar-refractivity contribution in [1.82, 2.24) is 10.6 Å². The highest BCUT2D eigenvalue weighted by molar-refractivity contribution is 6.07. The predicted octanol–water partition coefficient (Wildman–Crippen LogP) is 3.24. The Bertz CT molecular complexity index is 944. The van der Waals surface area contributed by atoms with E-state index in [9.17, 15) is 18.4 Å². The van der Waals surface area contributed by atoms with Gasteiger partial charge >= 0.3 is 6.03 Å². The van der Waals surface area contributed by atoms with Gasteiger partial charge in [-0.05, 0) is 25.1 Å². The average Bonchev–Trinajstić information content (AvgIpc) is 2.61. The van der Waals surface area contributed by atoms with Crippen LogP contribution in [0.25, 0.3) is 0 Å². The quantitative estimate of drug-likeness (QED) is 0.770. The van der Waals surface area contributed by atoms with E-state index in [2.05, 4.69) is 16.0 Å². The standard InChI is InChI=1S/C19H17F2N3O3/c1-10-16(18(25)23-14-5-3-4-6-15(14)27-2)17(24-19(26)22-10)12-8-7-11(20)9-13(12)21/h3-9,17H,1-2H3,(H,23,25)(H2,22,24,26)/t17-/m0/s1. The van der Waals surface area contributed by atoms with Crippen LogP contribution in [0, 0.1) is 11.6 Å². The summed E-state index contributed by atoms with van der Waals surface area (Å²) in [4.78, 5) is 24.8. The molecule has 140 valence electrons. The molecule has 3 amide bonds. The lowest BCUT2D eigenvalue weighted by molar-refractivity contribution is -0.113. The number of amides is 3. The summed E-state index contributed by atoms with van der Waals surface area (Å²) >= 11 is 0. The van der Waals surface area contributed by atoms with Gasteiger partial charge in [0.1, 0.15) is 17.4 Å². The maximum atomic E-state index is 14.3. The molecule has 0 fully saturated rings. The molecule has 3 N–H and O–H groups in total. The number of halogens is 2. The van der Waals surface area contributed by atoms with Crippen molar-refractivity contribution in [1.29, 1.82) is 0 Å². The lowest BCUT2D eigenvalue weighted by Gasteiger charge is -2.29. The molecule has 0 unspecified atom stereocenters. The molecule has 27 heavy (non-hydrogen) atoms. The molecular formula is C19H17F2N3O3. The molecule has 1 aliphatic rings. The van der Waals surface area contributed by atoms with Crippen molar-refractivity contribution in [2.75, 3.05) is 12.4 Å². The Labute approximate surface area is 154 Å². The molecule has 0 bridgehead atoms. The van der Waals surface area contributed by atoms with Crippen LogP contribution in [-0.4, -0.2) is 19.0 Å². The first-order valence-corrected chi connectivity index (χ1v) is 8.08. The number of ether oxygens (including phenoxy) is 1. The van der Waals surface area contributed by atoms with Gasteiger partial charge in [-0.2, -0.15) is 0 Å². The third-order valence-corrected chi connectivity index (χ3v) is 4.14. The molecule has 1 aliphatic heterocycles. The normalized spacial score (nSPS) is 16.4. The summed E-state index contributed by atoms with van der Waals surface area (Å²) in [6.07, 6.45) is 0. The number of carbonyl (C=O) groups excluding carboxylic acids is 2. The van der Waals surface area contributed by atoms with Gasteiger partial charge in [-0.25, -0.2) is 13.6 Å². The largest absolute Gasteiger partial charge is 0.495 e. The van der Waals surface area contributed by atoms with Crippen LogP contribution in [0.2, 0.25) is 0 Å². The Balaban J connectivity index is 2.00. The molecule has 1 atom stereocenters. The van der Waals surface area contributed by atoms with E-state index < -0.39 is 29.6 Å². The predicted molar refractivity (Wildman–Crippen MR) is 95.1 cm³/mol. The van der Waals surface area contributed by atoms with Gasteiger partial charge in [0.25, 0.3) is 5.91 Å². The maximum Gasteiger partial charge on any atom is 0.319 e. The van der Waals surface area contributed by atoms with E-state index in [-0.39, 0.29) is 16.8 Å². The number of nitrogens with one attached hydrogen (secondary N) is 3. The van der Waals surface area contributed by atoms with Gasteiger partial charge < -0.3 is 20.7 Å². The summed E-state index contributed by atoms with van der Waals surface area (Å²) < 4.78 is 32.7. The molecule has 2 aromatic carbocycles. The highest BCUT2D eigenvalue weighted by Gasteiger charge is 2.33. The molecule has 8 heteroatoms. The first kappa shape index (κ1) is 18.4. The zero-order valence-electron chi connectivity index (χ0n) is 14.6. The van der Waals surface area contributed by atoms with E-state index in [1.807, 2.05) is 0 Å². The Kier molecular flexibility index (Phi) is 5.07. The van der Waals surface area contributed by atoms with Crippen LogP contribution in [0.4, 0.5) is 19.3 Å². The fourth-order valence-corrected chi connectivity index (χ4v) is 2.90. The number of rotatable bonds is 4. The zero-order valence-corrected chi connectivity index (χ0v) is 14.6. The maximum absolute atomic E-state index is 14.3. The van der Waals surface area contributed by atoms with E-state index in [0.29, 0.717) is 17.5 Å². The van der Waals surface area contributed by atoms with Gasteiger partial charge in [0, 0.05) is 17.3 Å². The summed E-state index contributed by atoms with van der Waals surface area (Å²) in [7, 11) is 1.47. The molecule has 2 aromatic rings. The minimum atomic E-state index is -1.07. The summed E-state index contributed by atoms with van der Waals surface area (Å²) in [5.74, 6) is -1.73. The summed E-state index contributed by atoms with van der Waals surface area (Å²) in [6.45, 7) is 1.53. The Morgan fingerprint density at radius 3 is 2.63 bits per heavy atom. The average molecular weight is 373 g/mol. The van der Waals surface area contributed by atoms with Gasteiger partial charge in [-0.1, -0.05) is 18.2 Å². The Morgan fingerprint density at radius 1 is 1.19 bits per heavy atom. The van der Waals surface area contributed by atoms with Gasteiger partial charge in [0.2, 0.25) is 0 Å². The first-order valence-electron chi connectivity index (χ1n) is 8.08. The van der Waals surface area contributed by atoms with Crippen molar-refractivity contribution < 1.29 is 23.1 Å². The number of anilines is 1. The molecule has 1 heterocycles. The van der Waals surface area contributed by atoms with Crippen LogP contribution in [-0.2, 0) is 4.79 Å². The van der Waals surface area contributed by atoms with Crippen LogP contribution in [0.15, 0.2) is 53.7 Å². The highest BCUT2D eigenvalue weighted by Crippen LogP contribution is 2.31. The Hall–Kier alpha value is -3.42. The molecule has 0 aromatic heterocycles. The van der Waals surface area contributed by atoms with E-state index in [1.54, 1.807) is 24.3 Å². The van der Waals surface area contributed by atoms with E-state index >= 15 is 0 Å². The molecule has 0 spiro atoms. The molecule has 0 saturated carbocycles. The summed E-state index contributed by atoms with van der Waals surface area (Å²) in [5, 5.41) is 7.70. The van der Waals surface area contributed by atoms with Gasteiger partial charge in [-0.3, -0.25) is 4.79 Å². The van der Waals surface area contributed by atoms with E-state index in [4.69, 9.17) is 4.74 Å². The fourth-order valence-electron chi connectivity index (χ4n) is 2.90. The van der Waals surface area contributed by atoms with Crippen molar-refractivity contribution in [3.05, 3.63) is 70.9 Å². The number of allylic oxidation sites excluding steroid dienone is 1. The number of urea groups is 1. The zero-order chi connectivity index (χ0) is 19.6. The van der Waals surface area contributed by atoms with Crippen molar-refractivity contribution in [2.24, 2.45) is 0 Å². The smallest absolute Gasteiger partial charge is 0.319 e. The Morgan fingerprint density at radius 2 is 1.93 bits per heavy atom. The third kappa shape index (κ3) is 3.74. The SMILES string of the molecule is COc1ccccc1NC(=O)C1=C(C)NC(=O)N[C@H]1c1ccc(F)cc1F. The number of hydrogen-bond acceptors (Lipinski definition) is 3. The molecule has 0 aliphatic carbocycles. The van der Waals surface area contributed by atoms with Crippen LogP contribution in [0.1, 0.15) is 18.5 Å². The van der Waals surface area contributed by atoms with Gasteiger partial charge in [0.15, 0.2) is 0 Å². The lowest BCUT2D eigenvalue weighted by Crippen LogP contribution is -2.46. The van der Waals surface area contributed by atoms with Crippen molar-refractivity contribution in [2.45, 2.75) is 13.0 Å². The fraction of sp³-hybridized carbons (Fsp3) is 0.158. The molecular weight excluding hydrogens is 356 g/mol. The van der Waals surface area contributed by atoms with Gasteiger partial charge in [-0.15, -0.1) is 0 Å². The third-order valence-electron chi connectivity index (χ3n) is 4.14. The molecule has 0 saturated heterocycles. The minimum absolute atomic E-state index is 0.0178. The second kappa shape index (κ2) is 7.45. The molecule has 3 rings (SSSR count). The van der Waals surface area contributed by atoms with Crippen LogP contribution in [0.5, 0.6) is 5.75 Å². The second-order valence-corrected chi connectivity index (χ2v) is 5.89. The monoisotopic (exact) mass is 373 g/mol. The summed E-state index contributed by atoms with van der Waals surface area (Å²) in [6, 6.07) is 8.10. The number of carbonyl (C=O) groups is 2. The topological polar surface area (TPSA) is 79.5 Å². The number of benzene rings is 2. The second-order valence-electron chi connectivity index (χ2n) is 5.89. The van der Waals surface area contributed by atoms with Crippen LogP contribution < -0.4 is 20.7 Å². The van der Waals surface area contributed by atoms with E-state index in [0.717, 1.165) is 6.07 Å². The van der Waals surface area contributed by atoms with Crippen LogP contribution >= 0.6 is 0 Å².